The van der Waals surface area contributed by atoms with Crippen LogP contribution in [0.5, 0.6) is 0 Å². The van der Waals surface area contributed by atoms with Crippen LogP contribution < -0.4 is 0 Å². The smallest absolute Gasteiger partial charge is 0.189 e. The maximum absolute atomic E-state index is 4.90. The summed E-state index contributed by atoms with van der Waals surface area (Å²) in [5, 5.41) is 3.60. The van der Waals surface area contributed by atoms with Gasteiger partial charge in [-0.2, -0.15) is 0 Å². The second-order valence-corrected chi connectivity index (χ2v) is 3.97. The molecule has 1 heterocycles. The van der Waals surface area contributed by atoms with E-state index in [1.165, 1.54) is 0 Å². The molecule has 0 aromatic carbocycles. The van der Waals surface area contributed by atoms with Gasteiger partial charge in [-0.25, -0.2) is 0 Å². The number of oxime groups is 1. The van der Waals surface area contributed by atoms with Crippen molar-refractivity contribution in [1.29, 1.82) is 0 Å². The first-order valence-corrected chi connectivity index (χ1v) is 3.17. The minimum Gasteiger partial charge on any atom is -0.379 e. The Morgan fingerprint density at radius 1 is 2.00 bits per heavy atom. The van der Waals surface area contributed by atoms with Gasteiger partial charge in [-0.05, 0) is 29.5 Å². The molecule has 1 unspecified atom stereocenters. The third-order valence-corrected chi connectivity index (χ3v) is 1.41. The minimum absolute atomic E-state index is 0.0578. The summed E-state index contributed by atoms with van der Waals surface area (Å²) in [6.07, 6.45) is 2.71. The van der Waals surface area contributed by atoms with Crippen LogP contribution in [0.1, 0.15) is 13.3 Å². The first-order chi connectivity index (χ1) is 3.21. The predicted molar refractivity (Wildman–Crippen MR) is 36.6 cm³/mol. The lowest BCUT2D eigenvalue weighted by Gasteiger charge is -2.09. The van der Waals surface area contributed by atoms with E-state index in [9.17, 15) is 0 Å². The summed E-state index contributed by atoms with van der Waals surface area (Å²) < 4.78 is -0.0578. The third-order valence-electron chi connectivity index (χ3n) is 0.773. The van der Waals surface area contributed by atoms with Crippen LogP contribution in [0.4, 0.5) is 0 Å². The van der Waals surface area contributed by atoms with Crippen molar-refractivity contribution in [2.45, 2.75) is 17.0 Å². The maximum Gasteiger partial charge on any atom is 0.189 e. The van der Waals surface area contributed by atoms with E-state index >= 15 is 0 Å². The van der Waals surface area contributed by atoms with E-state index in [1.807, 2.05) is 6.92 Å². The van der Waals surface area contributed by atoms with Crippen LogP contribution in [-0.2, 0) is 4.84 Å². The topological polar surface area (TPSA) is 21.6 Å². The number of hydrogen-bond acceptors (Lipinski definition) is 2. The largest absolute Gasteiger partial charge is 0.379 e. The molecule has 0 fully saturated rings. The second kappa shape index (κ2) is 1.61. The lowest BCUT2D eigenvalue weighted by Crippen LogP contribution is -2.11. The van der Waals surface area contributed by atoms with Crippen LogP contribution in [-0.4, -0.2) is 9.82 Å². The fraction of sp³-hybridized carbons (Fsp3) is 0.750. The third kappa shape index (κ3) is 1.29. The van der Waals surface area contributed by atoms with Gasteiger partial charge in [0, 0.05) is 12.6 Å². The van der Waals surface area contributed by atoms with Crippen molar-refractivity contribution in [3.05, 3.63) is 0 Å². The average molecular weight is 211 g/mol. The van der Waals surface area contributed by atoms with E-state index in [-0.39, 0.29) is 3.61 Å². The highest BCUT2D eigenvalue weighted by Crippen LogP contribution is 2.26. The molecule has 0 aliphatic carbocycles. The van der Waals surface area contributed by atoms with Gasteiger partial charge in [0.05, 0.1) is 0 Å². The monoisotopic (exact) mass is 211 g/mol. The molecule has 1 rings (SSSR count). The quantitative estimate of drug-likeness (QED) is 0.440. The highest BCUT2D eigenvalue weighted by Gasteiger charge is 2.23. The summed E-state index contributed by atoms with van der Waals surface area (Å²) in [5.41, 5.74) is 0. The molecule has 1 aliphatic heterocycles. The van der Waals surface area contributed by atoms with Crippen molar-refractivity contribution in [2.24, 2.45) is 5.16 Å². The maximum atomic E-state index is 4.90. The zero-order valence-electron chi connectivity index (χ0n) is 4.02. The second-order valence-electron chi connectivity index (χ2n) is 1.69. The summed E-state index contributed by atoms with van der Waals surface area (Å²) in [4.78, 5) is 4.90. The fourth-order valence-electron chi connectivity index (χ4n) is 0.385. The van der Waals surface area contributed by atoms with Gasteiger partial charge in [-0.3, -0.25) is 0 Å². The van der Waals surface area contributed by atoms with Crippen molar-refractivity contribution in [3.8, 4) is 0 Å². The summed E-state index contributed by atoms with van der Waals surface area (Å²) in [6, 6.07) is 0. The molecule has 0 saturated heterocycles. The number of alkyl halides is 1. The SMILES string of the molecule is CC1(I)CC=NO1. The normalized spacial score (nSPS) is 38.6. The van der Waals surface area contributed by atoms with E-state index in [2.05, 4.69) is 27.7 Å². The standard InChI is InChI=1S/C4H6INO/c1-4(5)2-3-6-7-4/h3H,2H2,1H3. The molecular weight excluding hydrogens is 205 g/mol. The Balaban J connectivity index is 2.49. The Morgan fingerprint density at radius 3 is 2.86 bits per heavy atom. The van der Waals surface area contributed by atoms with Crippen LogP contribution in [0.25, 0.3) is 0 Å². The molecule has 7 heavy (non-hydrogen) atoms. The van der Waals surface area contributed by atoms with Gasteiger partial charge in [0.1, 0.15) is 0 Å². The van der Waals surface area contributed by atoms with Gasteiger partial charge >= 0.3 is 0 Å². The molecule has 0 bridgehead atoms. The Hall–Kier alpha value is 0.200. The van der Waals surface area contributed by atoms with Gasteiger partial charge in [-0.1, -0.05) is 5.16 Å². The Labute approximate surface area is 56.1 Å². The minimum atomic E-state index is -0.0578. The van der Waals surface area contributed by atoms with E-state index in [0.29, 0.717) is 0 Å². The van der Waals surface area contributed by atoms with Crippen LogP contribution in [0.15, 0.2) is 5.16 Å². The van der Waals surface area contributed by atoms with Crippen LogP contribution in [0.2, 0.25) is 0 Å². The molecule has 2 nitrogen and oxygen atoms in total. The summed E-state index contributed by atoms with van der Waals surface area (Å²) in [6.45, 7) is 2.00. The summed E-state index contributed by atoms with van der Waals surface area (Å²) in [5.74, 6) is 0. The van der Waals surface area contributed by atoms with E-state index < -0.39 is 0 Å². The molecule has 0 radical (unpaired) electrons. The molecular formula is C4H6INO. The number of rotatable bonds is 0. The molecule has 0 spiro atoms. The molecule has 3 heteroatoms. The van der Waals surface area contributed by atoms with E-state index in [4.69, 9.17) is 4.84 Å². The first kappa shape index (κ1) is 5.34. The molecule has 1 aliphatic rings. The summed E-state index contributed by atoms with van der Waals surface area (Å²) >= 11 is 2.22. The number of nitrogens with zero attached hydrogens (tertiary/aromatic N) is 1. The van der Waals surface area contributed by atoms with Crippen molar-refractivity contribution < 1.29 is 4.84 Å². The average Bonchev–Trinajstić information content (AvgIpc) is 1.84. The molecule has 0 amide bonds. The summed E-state index contributed by atoms with van der Waals surface area (Å²) in [7, 11) is 0. The van der Waals surface area contributed by atoms with Crippen molar-refractivity contribution >= 4 is 28.8 Å². The van der Waals surface area contributed by atoms with Gasteiger partial charge in [0.2, 0.25) is 0 Å². The zero-order valence-corrected chi connectivity index (χ0v) is 6.18. The molecule has 40 valence electrons. The van der Waals surface area contributed by atoms with Crippen LogP contribution in [0, 0.1) is 0 Å². The predicted octanol–water partition coefficient (Wildman–Crippen LogP) is 1.54. The lowest BCUT2D eigenvalue weighted by atomic mass is 10.3. The van der Waals surface area contributed by atoms with Gasteiger partial charge in [0.25, 0.3) is 0 Å². The van der Waals surface area contributed by atoms with E-state index in [0.717, 1.165) is 6.42 Å². The van der Waals surface area contributed by atoms with E-state index in [1.54, 1.807) is 6.21 Å². The van der Waals surface area contributed by atoms with Crippen molar-refractivity contribution in [1.82, 2.24) is 0 Å². The Kier molecular flexibility index (Phi) is 1.23. The first-order valence-electron chi connectivity index (χ1n) is 2.10. The van der Waals surface area contributed by atoms with Crippen molar-refractivity contribution in [2.75, 3.05) is 0 Å². The molecule has 0 saturated carbocycles. The number of halogens is 1. The Morgan fingerprint density at radius 2 is 2.71 bits per heavy atom. The fourth-order valence-corrected chi connectivity index (χ4v) is 0.695. The van der Waals surface area contributed by atoms with Gasteiger partial charge in [-0.15, -0.1) is 0 Å². The highest BCUT2D eigenvalue weighted by atomic mass is 127. The Bertz CT molecular complexity index is 89.9. The van der Waals surface area contributed by atoms with Gasteiger partial charge < -0.3 is 4.84 Å². The van der Waals surface area contributed by atoms with Crippen LogP contribution >= 0.6 is 22.6 Å². The number of hydrogen-bond donors (Lipinski definition) is 0. The lowest BCUT2D eigenvalue weighted by molar-refractivity contribution is 0.0856. The van der Waals surface area contributed by atoms with Crippen molar-refractivity contribution in [3.63, 3.8) is 0 Å². The van der Waals surface area contributed by atoms with Crippen LogP contribution in [0.3, 0.4) is 0 Å². The molecule has 0 aromatic heterocycles. The molecule has 0 aromatic rings. The molecule has 1 atom stereocenters. The molecule has 0 N–H and O–H groups in total. The highest BCUT2D eigenvalue weighted by molar-refractivity contribution is 14.1. The van der Waals surface area contributed by atoms with Gasteiger partial charge in [0.15, 0.2) is 3.61 Å². The zero-order chi connectivity index (χ0) is 5.33.